The number of hydrogen-bond donors (Lipinski definition) is 1. The number of hydrogen-bond acceptors (Lipinski definition) is 3. The predicted molar refractivity (Wildman–Crippen MR) is 88.5 cm³/mol. The number of rotatable bonds is 5. The van der Waals surface area contributed by atoms with Gasteiger partial charge >= 0.3 is 0 Å². The maximum atomic E-state index is 4.66. The van der Waals surface area contributed by atoms with Crippen molar-refractivity contribution in [2.45, 2.75) is 64.5 Å². The van der Waals surface area contributed by atoms with Crippen LogP contribution in [0.2, 0.25) is 0 Å². The van der Waals surface area contributed by atoms with Crippen LogP contribution in [0.3, 0.4) is 0 Å². The van der Waals surface area contributed by atoms with E-state index in [2.05, 4.69) is 47.4 Å². The summed E-state index contributed by atoms with van der Waals surface area (Å²) in [6.07, 6.45) is 10.0. The Balaban J connectivity index is 1.62. The molecular weight excluding hydrogens is 258 g/mol. The molecule has 2 heterocycles. The average Bonchev–Trinajstić information content (AvgIpc) is 3.11. The zero-order valence-electron chi connectivity index (χ0n) is 13.5. The van der Waals surface area contributed by atoms with Crippen molar-refractivity contribution in [2.24, 2.45) is 5.92 Å². The standard InChI is InChI=1S/C18H29N3/c1-14(2)13-21-11-5-8-17(21)15-9-10-18(19-12-15)20-16-6-3-4-7-16/h9-10,12,14,16-17H,3-8,11,13H2,1-2H3,(H,19,20)/t17-/m1/s1. The zero-order chi connectivity index (χ0) is 14.7. The van der Waals surface area contributed by atoms with Gasteiger partial charge in [-0.1, -0.05) is 32.8 Å². The van der Waals surface area contributed by atoms with E-state index in [1.54, 1.807) is 0 Å². The maximum Gasteiger partial charge on any atom is 0.126 e. The number of nitrogens with zero attached hydrogens (tertiary/aromatic N) is 2. The summed E-state index contributed by atoms with van der Waals surface area (Å²) < 4.78 is 0. The van der Waals surface area contributed by atoms with E-state index in [0.717, 1.165) is 11.7 Å². The molecule has 1 aliphatic carbocycles. The monoisotopic (exact) mass is 287 g/mol. The molecule has 3 heteroatoms. The van der Waals surface area contributed by atoms with Gasteiger partial charge in [0.05, 0.1) is 0 Å². The third kappa shape index (κ3) is 3.76. The fourth-order valence-electron chi connectivity index (χ4n) is 3.86. The number of likely N-dealkylation sites (tertiary alicyclic amines) is 1. The van der Waals surface area contributed by atoms with Gasteiger partial charge in [0.2, 0.25) is 0 Å². The molecule has 0 bridgehead atoms. The molecule has 1 N–H and O–H groups in total. The SMILES string of the molecule is CC(C)CN1CCC[C@@H]1c1ccc(NC2CCCC2)nc1. The van der Waals surface area contributed by atoms with Crippen LogP contribution in [-0.4, -0.2) is 29.0 Å². The van der Waals surface area contributed by atoms with Crippen LogP contribution in [0.4, 0.5) is 5.82 Å². The van der Waals surface area contributed by atoms with Crippen molar-refractivity contribution in [3.8, 4) is 0 Å². The van der Waals surface area contributed by atoms with Crippen molar-refractivity contribution in [2.75, 3.05) is 18.4 Å². The summed E-state index contributed by atoms with van der Waals surface area (Å²) in [6.45, 7) is 7.06. The van der Waals surface area contributed by atoms with Crippen LogP contribution >= 0.6 is 0 Å². The molecule has 0 radical (unpaired) electrons. The average molecular weight is 287 g/mol. The predicted octanol–water partition coefficient (Wildman–Crippen LogP) is 4.23. The summed E-state index contributed by atoms with van der Waals surface area (Å²) in [5.41, 5.74) is 1.39. The first-order chi connectivity index (χ1) is 10.2. The van der Waals surface area contributed by atoms with Gasteiger partial charge in [0.1, 0.15) is 5.82 Å². The molecule has 0 amide bonds. The van der Waals surface area contributed by atoms with Gasteiger partial charge in [-0.3, -0.25) is 4.90 Å². The number of pyridine rings is 1. The lowest BCUT2D eigenvalue weighted by Crippen LogP contribution is -2.27. The lowest BCUT2D eigenvalue weighted by molar-refractivity contribution is 0.228. The van der Waals surface area contributed by atoms with Crippen LogP contribution < -0.4 is 5.32 Å². The summed E-state index contributed by atoms with van der Waals surface area (Å²) in [5, 5.41) is 3.58. The van der Waals surface area contributed by atoms with Gasteiger partial charge in [0.25, 0.3) is 0 Å². The molecule has 0 unspecified atom stereocenters. The molecule has 3 nitrogen and oxygen atoms in total. The molecular formula is C18H29N3. The Morgan fingerprint density at radius 3 is 2.67 bits per heavy atom. The quantitative estimate of drug-likeness (QED) is 0.878. The van der Waals surface area contributed by atoms with Gasteiger partial charge in [-0.15, -0.1) is 0 Å². The smallest absolute Gasteiger partial charge is 0.126 e. The summed E-state index contributed by atoms with van der Waals surface area (Å²) in [7, 11) is 0. The Bertz CT molecular complexity index is 434. The number of nitrogens with one attached hydrogen (secondary N) is 1. The van der Waals surface area contributed by atoms with Crippen molar-refractivity contribution in [3.05, 3.63) is 23.9 Å². The van der Waals surface area contributed by atoms with Gasteiger partial charge in [-0.2, -0.15) is 0 Å². The number of anilines is 1. The van der Waals surface area contributed by atoms with Gasteiger partial charge in [0.15, 0.2) is 0 Å². The van der Waals surface area contributed by atoms with Crippen molar-refractivity contribution in [1.82, 2.24) is 9.88 Å². The molecule has 1 atom stereocenters. The summed E-state index contributed by atoms with van der Waals surface area (Å²) >= 11 is 0. The Morgan fingerprint density at radius 1 is 1.19 bits per heavy atom. The van der Waals surface area contributed by atoms with Crippen molar-refractivity contribution < 1.29 is 0 Å². The minimum absolute atomic E-state index is 0.584. The van der Waals surface area contributed by atoms with Gasteiger partial charge < -0.3 is 5.32 Å². The lowest BCUT2D eigenvalue weighted by Gasteiger charge is -2.26. The summed E-state index contributed by atoms with van der Waals surface area (Å²) in [5.74, 6) is 1.79. The molecule has 2 fully saturated rings. The normalized spacial score (nSPS) is 24.0. The van der Waals surface area contributed by atoms with Crippen molar-refractivity contribution in [1.29, 1.82) is 0 Å². The van der Waals surface area contributed by atoms with Crippen molar-refractivity contribution in [3.63, 3.8) is 0 Å². The van der Waals surface area contributed by atoms with E-state index >= 15 is 0 Å². The fraction of sp³-hybridized carbons (Fsp3) is 0.722. The zero-order valence-corrected chi connectivity index (χ0v) is 13.5. The van der Waals surface area contributed by atoms with Crippen LogP contribution in [0.15, 0.2) is 18.3 Å². The highest BCUT2D eigenvalue weighted by molar-refractivity contribution is 5.37. The Morgan fingerprint density at radius 2 is 2.00 bits per heavy atom. The molecule has 1 aliphatic heterocycles. The third-order valence-corrected chi connectivity index (χ3v) is 4.84. The molecule has 0 aromatic carbocycles. The van der Waals surface area contributed by atoms with E-state index < -0.39 is 0 Å². The molecule has 2 aliphatic rings. The van der Waals surface area contributed by atoms with Crippen LogP contribution in [0.25, 0.3) is 0 Å². The van der Waals surface area contributed by atoms with Crippen LogP contribution in [-0.2, 0) is 0 Å². The molecule has 1 saturated heterocycles. The van der Waals surface area contributed by atoms with Crippen LogP contribution in [0.1, 0.15) is 64.0 Å². The van der Waals surface area contributed by atoms with E-state index in [4.69, 9.17) is 0 Å². The molecule has 3 rings (SSSR count). The maximum absolute atomic E-state index is 4.66. The van der Waals surface area contributed by atoms with Gasteiger partial charge in [0, 0.05) is 24.8 Å². The fourth-order valence-corrected chi connectivity index (χ4v) is 3.86. The Hall–Kier alpha value is -1.09. The Kier molecular flexibility index (Phi) is 4.79. The minimum atomic E-state index is 0.584. The van der Waals surface area contributed by atoms with Crippen LogP contribution in [0.5, 0.6) is 0 Å². The van der Waals surface area contributed by atoms with Crippen molar-refractivity contribution >= 4 is 5.82 Å². The van der Waals surface area contributed by atoms with E-state index in [9.17, 15) is 0 Å². The number of aromatic nitrogens is 1. The highest BCUT2D eigenvalue weighted by Crippen LogP contribution is 2.32. The molecule has 1 saturated carbocycles. The molecule has 0 spiro atoms. The van der Waals surface area contributed by atoms with Gasteiger partial charge in [-0.25, -0.2) is 4.98 Å². The summed E-state index contributed by atoms with van der Waals surface area (Å²) in [6, 6.07) is 5.69. The van der Waals surface area contributed by atoms with E-state index in [1.165, 1.54) is 57.2 Å². The molecule has 1 aromatic rings. The largest absolute Gasteiger partial charge is 0.367 e. The van der Waals surface area contributed by atoms with E-state index in [1.807, 2.05) is 0 Å². The first-order valence-electron chi connectivity index (χ1n) is 8.69. The second-order valence-corrected chi connectivity index (χ2v) is 7.15. The Labute approximate surface area is 129 Å². The second kappa shape index (κ2) is 6.78. The van der Waals surface area contributed by atoms with E-state index in [-0.39, 0.29) is 0 Å². The van der Waals surface area contributed by atoms with Crippen LogP contribution in [0, 0.1) is 5.92 Å². The van der Waals surface area contributed by atoms with E-state index in [0.29, 0.717) is 12.1 Å². The third-order valence-electron chi connectivity index (χ3n) is 4.84. The minimum Gasteiger partial charge on any atom is -0.367 e. The van der Waals surface area contributed by atoms with Gasteiger partial charge in [-0.05, 0) is 49.8 Å². The molecule has 21 heavy (non-hydrogen) atoms. The highest BCUT2D eigenvalue weighted by Gasteiger charge is 2.26. The topological polar surface area (TPSA) is 28.2 Å². The molecule has 116 valence electrons. The first-order valence-corrected chi connectivity index (χ1v) is 8.69. The lowest BCUT2D eigenvalue weighted by atomic mass is 10.1. The second-order valence-electron chi connectivity index (χ2n) is 7.15. The highest BCUT2D eigenvalue weighted by atomic mass is 15.2. The summed E-state index contributed by atoms with van der Waals surface area (Å²) in [4.78, 5) is 7.29. The molecule has 1 aromatic heterocycles. The first kappa shape index (κ1) is 14.8.